The molecule has 0 spiro atoms. The topological polar surface area (TPSA) is 61.9 Å². The zero-order valence-electron chi connectivity index (χ0n) is 16.4. The van der Waals surface area contributed by atoms with Gasteiger partial charge in [0.1, 0.15) is 5.75 Å². The van der Waals surface area contributed by atoms with Gasteiger partial charge in [-0.3, -0.25) is 9.59 Å². The number of hydrogen-bond donors (Lipinski definition) is 1. The van der Waals surface area contributed by atoms with E-state index >= 15 is 0 Å². The summed E-state index contributed by atoms with van der Waals surface area (Å²) < 4.78 is 5.27. The second kappa shape index (κ2) is 8.33. The fourth-order valence-corrected chi connectivity index (χ4v) is 4.14. The number of ether oxygens (including phenoxy) is 1. The van der Waals surface area contributed by atoms with E-state index in [1.807, 2.05) is 12.1 Å². The van der Waals surface area contributed by atoms with Gasteiger partial charge in [0.15, 0.2) is 0 Å². The van der Waals surface area contributed by atoms with Gasteiger partial charge in [-0.2, -0.15) is 0 Å². The van der Waals surface area contributed by atoms with Crippen molar-refractivity contribution in [2.75, 3.05) is 41.9 Å². The molecule has 2 aliphatic heterocycles. The molecule has 152 valence electrons. The fourth-order valence-electron chi connectivity index (χ4n) is 3.96. The van der Waals surface area contributed by atoms with Crippen LogP contribution in [0.15, 0.2) is 42.5 Å². The van der Waals surface area contributed by atoms with Crippen LogP contribution in [0.5, 0.6) is 5.75 Å². The van der Waals surface area contributed by atoms with Gasteiger partial charge >= 0.3 is 0 Å². The van der Waals surface area contributed by atoms with E-state index in [0.717, 1.165) is 18.8 Å². The molecule has 1 unspecified atom stereocenters. The van der Waals surface area contributed by atoms with E-state index in [0.29, 0.717) is 23.0 Å². The molecule has 0 bridgehead atoms. The van der Waals surface area contributed by atoms with Crippen LogP contribution in [0.3, 0.4) is 0 Å². The van der Waals surface area contributed by atoms with Crippen molar-refractivity contribution < 1.29 is 14.3 Å². The molecule has 6 nitrogen and oxygen atoms in total. The van der Waals surface area contributed by atoms with Gasteiger partial charge in [0, 0.05) is 42.5 Å². The molecule has 2 saturated heterocycles. The van der Waals surface area contributed by atoms with Crippen molar-refractivity contribution in [3.05, 3.63) is 47.5 Å². The quantitative estimate of drug-likeness (QED) is 0.806. The molecule has 7 heteroatoms. The molecule has 0 saturated carbocycles. The van der Waals surface area contributed by atoms with Crippen molar-refractivity contribution in [1.82, 2.24) is 0 Å². The normalized spacial score (nSPS) is 19.0. The lowest BCUT2D eigenvalue weighted by Gasteiger charge is -2.21. The van der Waals surface area contributed by atoms with E-state index in [1.165, 1.54) is 25.6 Å². The second-order valence-electron chi connectivity index (χ2n) is 7.45. The highest BCUT2D eigenvalue weighted by Crippen LogP contribution is 2.31. The maximum atomic E-state index is 12.7. The van der Waals surface area contributed by atoms with Crippen LogP contribution in [-0.2, 0) is 9.59 Å². The Labute approximate surface area is 175 Å². The third-order valence-corrected chi connectivity index (χ3v) is 5.78. The zero-order valence-corrected chi connectivity index (χ0v) is 17.1. The van der Waals surface area contributed by atoms with Crippen LogP contribution in [0.25, 0.3) is 0 Å². The van der Waals surface area contributed by atoms with E-state index in [4.69, 9.17) is 16.3 Å². The van der Waals surface area contributed by atoms with Gasteiger partial charge < -0.3 is 19.9 Å². The predicted octanol–water partition coefficient (Wildman–Crippen LogP) is 3.94. The Morgan fingerprint density at radius 1 is 1.10 bits per heavy atom. The summed E-state index contributed by atoms with van der Waals surface area (Å²) in [5, 5.41) is 3.35. The molecule has 0 aliphatic carbocycles. The van der Waals surface area contributed by atoms with Crippen LogP contribution in [0.1, 0.15) is 19.3 Å². The van der Waals surface area contributed by atoms with Crippen LogP contribution in [0, 0.1) is 5.92 Å². The molecule has 2 heterocycles. The number of nitrogens with one attached hydrogen (secondary N) is 1. The molecule has 1 N–H and O–H groups in total. The van der Waals surface area contributed by atoms with Crippen molar-refractivity contribution >= 4 is 40.5 Å². The molecule has 4 rings (SSSR count). The lowest BCUT2D eigenvalue weighted by Crippen LogP contribution is -2.28. The summed E-state index contributed by atoms with van der Waals surface area (Å²) >= 11 is 6.03. The molecule has 2 amide bonds. The second-order valence-corrected chi connectivity index (χ2v) is 7.89. The summed E-state index contributed by atoms with van der Waals surface area (Å²) in [6.45, 7) is 2.52. The van der Waals surface area contributed by atoms with Crippen LogP contribution in [0.2, 0.25) is 5.02 Å². The van der Waals surface area contributed by atoms with E-state index < -0.39 is 5.92 Å². The van der Waals surface area contributed by atoms with E-state index in [1.54, 1.807) is 23.1 Å². The Morgan fingerprint density at radius 2 is 1.79 bits per heavy atom. The summed E-state index contributed by atoms with van der Waals surface area (Å²) in [6.07, 6.45) is 2.63. The zero-order chi connectivity index (χ0) is 20.4. The molecule has 2 aromatic carbocycles. The lowest BCUT2D eigenvalue weighted by atomic mass is 10.1. The summed E-state index contributed by atoms with van der Waals surface area (Å²) in [7, 11) is 1.53. The Balaban J connectivity index is 1.43. The summed E-state index contributed by atoms with van der Waals surface area (Å²) in [6, 6.07) is 13.1. The van der Waals surface area contributed by atoms with Gasteiger partial charge in [-0.15, -0.1) is 0 Å². The van der Waals surface area contributed by atoms with Crippen molar-refractivity contribution in [2.24, 2.45) is 5.92 Å². The van der Waals surface area contributed by atoms with Gasteiger partial charge in [0.05, 0.1) is 18.7 Å². The first-order valence-corrected chi connectivity index (χ1v) is 10.2. The number of benzene rings is 2. The number of halogens is 1. The van der Waals surface area contributed by atoms with Gasteiger partial charge in [0.25, 0.3) is 0 Å². The van der Waals surface area contributed by atoms with Crippen LogP contribution in [-0.4, -0.2) is 38.6 Å². The number of hydrogen-bond acceptors (Lipinski definition) is 4. The predicted molar refractivity (Wildman–Crippen MR) is 115 cm³/mol. The SMILES string of the molecule is COc1ccc(Cl)cc1NC(=O)C1CC(=O)N(c2ccc(N3CCCC3)cc2)C1. The fraction of sp³-hybridized carbons (Fsp3) is 0.364. The number of amides is 2. The van der Waals surface area contributed by atoms with Crippen molar-refractivity contribution in [1.29, 1.82) is 0 Å². The molecule has 1 atom stereocenters. The Morgan fingerprint density at radius 3 is 2.48 bits per heavy atom. The van der Waals surface area contributed by atoms with Gasteiger partial charge in [0.2, 0.25) is 11.8 Å². The average Bonchev–Trinajstić information content (AvgIpc) is 3.38. The molecular formula is C22H24ClN3O3. The maximum absolute atomic E-state index is 12.7. The molecule has 0 radical (unpaired) electrons. The summed E-state index contributed by atoms with van der Waals surface area (Å²) in [4.78, 5) is 29.3. The number of anilines is 3. The van der Waals surface area contributed by atoms with Crippen molar-refractivity contribution in [3.63, 3.8) is 0 Å². The first kappa shape index (κ1) is 19.6. The van der Waals surface area contributed by atoms with Gasteiger partial charge in [-0.1, -0.05) is 11.6 Å². The standard InChI is InChI=1S/C22H24ClN3O3/c1-29-20-9-4-16(23)13-19(20)24-22(28)15-12-21(27)26(14-15)18-7-5-17(6-8-18)25-10-2-3-11-25/h4-9,13,15H,2-3,10-12,14H2,1H3,(H,24,28). The first-order valence-electron chi connectivity index (χ1n) is 9.85. The largest absolute Gasteiger partial charge is 0.495 e. The minimum absolute atomic E-state index is 0.0443. The van der Waals surface area contributed by atoms with E-state index in [2.05, 4.69) is 22.3 Å². The molecule has 2 fully saturated rings. The van der Waals surface area contributed by atoms with Gasteiger partial charge in [-0.05, 0) is 55.3 Å². The summed E-state index contributed by atoms with van der Waals surface area (Å²) in [5.74, 6) is -0.155. The van der Waals surface area contributed by atoms with E-state index in [9.17, 15) is 9.59 Å². The minimum Gasteiger partial charge on any atom is -0.495 e. The minimum atomic E-state index is -0.426. The Hall–Kier alpha value is -2.73. The number of nitrogens with zero attached hydrogens (tertiary/aromatic N) is 2. The smallest absolute Gasteiger partial charge is 0.229 e. The average molecular weight is 414 g/mol. The number of methoxy groups -OCH3 is 1. The van der Waals surface area contributed by atoms with Crippen LogP contribution < -0.4 is 19.9 Å². The van der Waals surface area contributed by atoms with Crippen molar-refractivity contribution in [2.45, 2.75) is 19.3 Å². The third kappa shape index (κ3) is 4.17. The van der Waals surface area contributed by atoms with Crippen LogP contribution in [0.4, 0.5) is 17.1 Å². The Bertz CT molecular complexity index is 910. The number of carbonyl (C=O) groups is 2. The maximum Gasteiger partial charge on any atom is 0.229 e. The molecule has 2 aromatic rings. The summed E-state index contributed by atoms with van der Waals surface area (Å²) in [5.41, 5.74) is 2.51. The molecule has 2 aliphatic rings. The Kier molecular flexibility index (Phi) is 5.62. The first-order chi connectivity index (χ1) is 14.0. The highest BCUT2D eigenvalue weighted by atomic mass is 35.5. The van der Waals surface area contributed by atoms with E-state index in [-0.39, 0.29) is 18.2 Å². The third-order valence-electron chi connectivity index (χ3n) is 5.55. The van der Waals surface area contributed by atoms with Crippen LogP contribution >= 0.6 is 11.6 Å². The molecule has 29 heavy (non-hydrogen) atoms. The highest BCUT2D eigenvalue weighted by Gasteiger charge is 2.35. The number of carbonyl (C=O) groups excluding carboxylic acids is 2. The highest BCUT2D eigenvalue weighted by molar-refractivity contribution is 6.31. The lowest BCUT2D eigenvalue weighted by molar-refractivity contribution is -0.122. The van der Waals surface area contributed by atoms with Crippen molar-refractivity contribution in [3.8, 4) is 5.75 Å². The molecular weight excluding hydrogens is 390 g/mol. The molecule has 0 aromatic heterocycles. The monoisotopic (exact) mass is 413 g/mol. The van der Waals surface area contributed by atoms with Gasteiger partial charge in [-0.25, -0.2) is 0 Å². The number of rotatable bonds is 5.